The molecule has 0 saturated heterocycles. The van der Waals surface area contributed by atoms with Gasteiger partial charge in [0.1, 0.15) is 0 Å². The third-order valence-electron chi connectivity index (χ3n) is 19.4. The van der Waals surface area contributed by atoms with Crippen molar-refractivity contribution >= 4 is 44.1 Å². The fourth-order valence-electron chi connectivity index (χ4n) is 14.3. The SMILES string of the molecule is CCCCCCc1ccc(CCCCCC)c2c1-c1nc-2nc2[n-]c(nc3nc(nc4[n-]c(n1)c1c(CCCCCC)ccc(CCCCCC)c41)-c1c(CCCCCC)ccc(CCCCCC)c1-3)c1c(CCCCCC)ccc(CCCCCC)c21.[O]=[V+2]. The number of aromatic nitrogens is 8. The average molecular weight is 1250 g/mol. The van der Waals surface area contributed by atoms with Crippen molar-refractivity contribution in [3.63, 3.8) is 0 Å². The summed E-state index contributed by atoms with van der Waals surface area (Å²) in [7, 11) is 0. The summed E-state index contributed by atoms with van der Waals surface area (Å²) in [5.41, 5.74) is 18.0. The number of aryl methyl sites for hydroxylation is 8. The van der Waals surface area contributed by atoms with Gasteiger partial charge in [-0.1, -0.05) is 258 Å². The first-order valence-electron chi connectivity index (χ1n) is 36.9. The molecule has 0 amide bonds. The van der Waals surface area contributed by atoms with Gasteiger partial charge in [0.15, 0.2) is 0 Å². The zero-order chi connectivity index (χ0) is 63.5. The first kappa shape index (κ1) is 70.5. The van der Waals surface area contributed by atoms with Crippen LogP contribution in [0.2, 0.25) is 0 Å². The van der Waals surface area contributed by atoms with Crippen molar-refractivity contribution in [2.24, 2.45) is 0 Å². The molecule has 7 aromatic rings. The number of hydrogen-bond acceptors (Lipinski definition) is 7. The van der Waals surface area contributed by atoms with Gasteiger partial charge in [-0.15, -0.1) is 0 Å². The van der Waals surface area contributed by atoms with E-state index in [4.69, 9.17) is 43.5 Å². The van der Waals surface area contributed by atoms with Crippen LogP contribution in [-0.2, 0) is 72.4 Å². The molecule has 0 saturated carbocycles. The Morgan fingerprint density at radius 3 is 0.578 bits per heavy atom. The summed E-state index contributed by atoms with van der Waals surface area (Å²) in [4.78, 5) is 47.0. The molecule has 9 rings (SSSR count). The normalized spacial score (nSPS) is 11.9. The number of hydrogen-bond donors (Lipinski definition) is 0. The minimum atomic E-state index is 0.733. The van der Waals surface area contributed by atoms with Crippen LogP contribution in [0.5, 0.6) is 0 Å². The van der Waals surface area contributed by atoms with E-state index in [1.807, 2.05) is 0 Å². The molecule has 483 valence electrons. The molecular formula is C80H112N8OV. The van der Waals surface area contributed by atoms with Gasteiger partial charge < -0.3 is 29.9 Å². The molecule has 5 heterocycles. The van der Waals surface area contributed by atoms with E-state index in [1.54, 1.807) is 0 Å². The van der Waals surface area contributed by atoms with Gasteiger partial charge in [-0.3, -0.25) is 0 Å². The predicted octanol–water partition coefficient (Wildman–Crippen LogP) is 23.0. The molecule has 0 unspecified atom stereocenters. The van der Waals surface area contributed by atoms with Crippen LogP contribution in [0.4, 0.5) is 0 Å². The van der Waals surface area contributed by atoms with E-state index in [-0.39, 0.29) is 0 Å². The first-order chi connectivity index (χ1) is 44.4. The summed E-state index contributed by atoms with van der Waals surface area (Å²) in [6.45, 7) is 18.5. The first-order valence-corrected chi connectivity index (χ1v) is 37.5. The summed E-state index contributed by atoms with van der Waals surface area (Å²) >= 11 is 1.06. The average Bonchev–Trinajstić information content (AvgIpc) is 1.59. The van der Waals surface area contributed by atoms with Crippen LogP contribution >= 0.6 is 0 Å². The number of rotatable bonds is 40. The second kappa shape index (κ2) is 38.0. The number of nitrogens with zero attached hydrogens (tertiary/aromatic N) is 8. The number of unbranched alkanes of at least 4 members (excludes halogenated alkanes) is 24. The summed E-state index contributed by atoms with van der Waals surface area (Å²) < 4.78 is 8.19. The van der Waals surface area contributed by atoms with E-state index >= 15 is 0 Å². The third kappa shape index (κ3) is 18.1. The van der Waals surface area contributed by atoms with Crippen LogP contribution in [0.25, 0.3) is 89.7 Å². The molecular weight excluding hydrogens is 1140 g/mol. The van der Waals surface area contributed by atoms with Crippen LogP contribution in [0.15, 0.2) is 48.5 Å². The standard InChI is InChI=1S/C80H112N8.O.V/c1-9-17-25-33-41-57-49-50-58(42-34-26-18-10-2)66-65(57)73-81-74(66)86-76-69-61(45-37-29-21-13-5)53-54-62(46-38-30-22-14-6)70(69)78(83-76)88-80-72-64(48-40-32-24-16-8)56-55-63(47-39-31-23-15-7)71(72)79(84-80)87-77-68-60(44-36-28-20-12-4)52-51-59(43-35-27-19-11-3)67(68)75(82-77)85-73;;/h49-56H,9-48H2,1-8H3;;/q-2;;+2. The van der Waals surface area contributed by atoms with Crippen LogP contribution in [0.1, 0.15) is 305 Å². The van der Waals surface area contributed by atoms with E-state index in [1.165, 1.54) is 199 Å². The van der Waals surface area contributed by atoms with E-state index in [2.05, 4.69) is 104 Å². The van der Waals surface area contributed by atoms with Crippen LogP contribution < -0.4 is 9.97 Å². The molecule has 90 heavy (non-hydrogen) atoms. The van der Waals surface area contributed by atoms with Gasteiger partial charge in [0.05, 0.1) is 23.3 Å². The van der Waals surface area contributed by atoms with Crippen molar-refractivity contribution in [3.05, 3.63) is 93.0 Å². The van der Waals surface area contributed by atoms with Gasteiger partial charge in [-0.05, 0) is 169 Å². The van der Waals surface area contributed by atoms with Crippen molar-refractivity contribution in [3.8, 4) is 45.6 Å². The van der Waals surface area contributed by atoms with Crippen molar-refractivity contribution in [2.75, 3.05) is 0 Å². The second-order valence-corrected chi connectivity index (χ2v) is 26.5. The van der Waals surface area contributed by atoms with Gasteiger partial charge in [0.25, 0.3) is 0 Å². The Morgan fingerprint density at radius 2 is 0.400 bits per heavy atom. The maximum absolute atomic E-state index is 8.19. The summed E-state index contributed by atoms with van der Waals surface area (Å²) in [6, 6.07) is 19.4. The molecule has 8 bridgehead atoms. The predicted molar refractivity (Wildman–Crippen MR) is 377 cm³/mol. The third-order valence-corrected chi connectivity index (χ3v) is 19.4. The molecule has 9 nitrogen and oxygen atoms in total. The molecule has 0 atom stereocenters. The molecule has 0 spiro atoms. The van der Waals surface area contributed by atoms with Crippen molar-refractivity contribution in [1.29, 1.82) is 0 Å². The van der Waals surface area contributed by atoms with E-state index in [0.717, 1.165) is 210 Å². The Kier molecular flexibility index (Phi) is 29.7. The van der Waals surface area contributed by atoms with Crippen LogP contribution in [-0.4, -0.2) is 29.9 Å². The van der Waals surface area contributed by atoms with Crippen LogP contribution in [0.3, 0.4) is 0 Å². The number of fused-ring (bicyclic) bond motifs is 20. The van der Waals surface area contributed by atoms with Crippen molar-refractivity contribution < 1.29 is 21.0 Å². The summed E-state index contributed by atoms with van der Waals surface area (Å²) in [6.07, 6.45) is 45.6. The van der Waals surface area contributed by atoms with E-state index in [0.29, 0.717) is 0 Å². The topological polar surface area (TPSA) is 123 Å². The van der Waals surface area contributed by atoms with Gasteiger partial charge in [-0.2, -0.15) is 0 Å². The fourth-order valence-corrected chi connectivity index (χ4v) is 14.3. The summed E-state index contributed by atoms with van der Waals surface area (Å²) in [5, 5.41) is 4.58. The second-order valence-electron chi connectivity index (χ2n) is 26.5. The van der Waals surface area contributed by atoms with E-state index in [9.17, 15) is 0 Å². The zero-order valence-corrected chi connectivity index (χ0v) is 58.7. The number of benzene rings is 4. The fraction of sp³-hybridized carbons (Fsp3) is 0.600. The molecule has 3 aromatic heterocycles. The quantitative estimate of drug-likeness (QED) is 0.0346. The van der Waals surface area contributed by atoms with Crippen LogP contribution in [0, 0.1) is 0 Å². The summed E-state index contributed by atoms with van der Waals surface area (Å²) in [5.74, 6) is 2.93. The molecule has 0 N–H and O–H groups in total. The Labute approximate surface area is 552 Å². The van der Waals surface area contributed by atoms with Gasteiger partial charge >= 0.3 is 21.0 Å². The molecule has 4 aromatic carbocycles. The molecule has 2 aliphatic heterocycles. The Morgan fingerprint density at radius 1 is 0.233 bits per heavy atom. The molecule has 0 fully saturated rings. The Balaban J connectivity index is 0.00000517. The van der Waals surface area contributed by atoms with Gasteiger partial charge in [0.2, 0.25) is 0 Å². The van der Waals surface area contributed by atoms with Gasteiger partial charge in [0, 0.05) is 44.8 Å². The molecule has 2 aliphatic rings. The Bertz CT molecular complexity index is 3090. The zero-order valence-electron chi connectivity index (χ0n) is 57.3. The van der Waals surface area contributed by atoms with Crippen molar-refractivity contribution in [1.82, 2.24) is 39.9 Å². The maximum atomic E-state index is 8.19. The van der Waals surface area contributed by atoms with Gasteiger partial charge in [-0.25, -0.2) is 9.97 Å². The molecule has 0 aliphatic carbocycles. The minimum absolute atomic E-state index is 0.733. The molecule has 10 heteroatoms. The van der Waals surface area contributed by atoms with E-state index < -0.39 is 0 Å². The Hall–Kier alpha value is -5.38. The van der Waals surface area contributed by atoms with Crippen molar-refractivity contribution in [2.45, 2.75) is 312 Å². The molecule has 0 radical (unpaired) electrons. The monoisotopic (exact) mass is 1250 g/mol.